The molecular formula is C8H6FN3. The minimum atomic E-state index is -0.452. The molecule has 1 aromatic carbocycles. The Hall–Kier alpha value is -1.71. The zero-order valence-electron chi connectivity index (χ0n) is 6.11. The molecule has 0 amide bonds. The molecule has 1 aromatic rings. The van der Waals surface area contributed by atoms with Crippen molar-refractivity contribution in [3.05, 3.63) is 35.1 Å². The van der Waals surface area contributed by atoms with Crippen molar-refractivity contribution in [2.45, 2.75) is 0 Å². The fourth-order valence-electron chi connectivity index (χ4n) is 1.24. The van der Waals surface area contributed by atoms with Crippen LogP contribution in [0.15, 0.2) is 18.2 Å². The summed E-state index contributed by atoms with van der Waals surface area (Å²) in [5.41, 5.74) is 0.655. The monoisotopic (exact) mass is 163 g/mol. The van der Waals surface area contributed by atoms with E-state index in [-0.39, 0.29) is 17.2 Å². The molecule has 0 fully saturated rings. The first-order valence-electron chi connectivity index (χ1n) is 3.43. The van der Waals surface area contributed by atoms with E-state index in [0.29, 0.717) is 5.56 Å². The molecule has 4 heteroatoms. The van der Waals surface area contributed by atoms with E-state index in [0.717, 1.165) is 0 Å². The number of fused-ring (bicyclic) bond motifs is 1. The fourth-order valence-corrected chi connectivity index (χ4v) is 1.24. The SMILES string of the molecule is N=C1NC(=N)c2c(F)cccc21. The minimum Gasteiger partial charge on any atom is -0.325 e. The first-order chi connectivity index (χ1) is 5.70. The van der Waals surface area contributed by atoms with E-state index in [1.165, 1.54) is 12.1 Å². The Morgan fingerprint density at radius 2 is 1.92 bits per heavy atom. The molecule has 0 bridgehead atoms. The van der Waals surface area contributed by atoms with E-state index < -0.39 is 5.82 Å². The van der Waals surface area contributed by atoms with Crippen molar-refractivity contribution in [1.82, 2.24) is 5.32 Å². The number of rotatable bonds is 0. The van der Waals surface area contributed by atoms with Gasteiger partial charge in [-0.05, 0) is 6.07 Å². The summed E-state index contributed by atoms with van der Waals surface area (Å²) in [7, 11) is 0. The van der Waals surface area contributed by atoms with Gasteiger partial charge in [-0.3, -0.25) is 10.8 Å². The molecule has 1 heterocycles. The van der Waals surface area contributed by atoms with Crippen LogP contribution in [0.4, 0.5) is 4.39 Å². The normalized spacial score (nSPS) is 14.4. The Kier molecular flexibility index (Phi) is 1.24. The topological polar surface area (TPSA) is 59.7 Å². The second kappa shape index (κ2) is 2.14. The van der Waals surface area contributed by atoms with E-state index in [4.69, 9.17) is 10.8 Å². The van der Waals surface area contributed by atoms with E-state index >= 15 is 0 Å². The summed E-state index contributed by atoms with van der Waals surface area (Å²) in [6.45, 7) is 0. The molecule has 60 valence electrons. The lowest BCUT2D eigenvalue weighted by atomic mass is 10.1. The maximum Gasteiger partial charge on any atom is 0.134 e. The van der Waals surface area contributed by atoms with Gasteiger partial charge in [-0.1, -0.05) is 12.1 Å². The van der Waals surface area contributed by atoms with E-state index in [1.54, 1.807) is 6.07 Å². The maximum absolute atomic E-state index is 13.0. The third kappa shape index (κ3) is 0.747. The van der Waals surface area contributed by atoms with Gasteiger partial charge in [0.1, 0.15) is 17.5 Å². The lowest BCUT2D eigenvalue weighted by Crippen LogP contribution is -2.20. The van der Waals surface area contributed by atoms with Crippen molar-refractivity contribution in [1.29, 1.82) is 10.8 Å². The molecular weight excluding hydrogens is 157 g/mol. The summed E-state index contributed by atoms with van der Waals surface area (Å²) in [6.07, 6.45) is 0. The van der Waals surface area contributed by atoms with E-state index in [2.05, 4.69) is 5.32 Å². The van der Waals surface area contributed by atoms with Gasteiger partial charge in [-0.2, -0.15) is 0 Å². The average Bonchev–Trinajstić information content (AvgIpc) is 2.29. The summed E-state index contributed by atoms with van der Waals surface area (Å²) in [4.78, 5) is 0. The highest BCUT2D eigenvalue weighted by atomic mass is 19.1. The molecule has 1 aliphatic heterocycles. The van der Waals surface area contributed by atoms with Crippen LogP contribution in [0, 0.1) is 16.6 Å². The van der Waals surface area contributed by atoms with Crippen LogP contribution in [-0.4, -0.2) is 11.7 Å². The summed E-state index contributed by atoms with van der Waals surface area (Å²) in [6, 6.07) is 4.44. The summed E-state index contributed by atoms with van der Waals surface area (Å²) in [5, 5.41) is 17.1. The highest BCUT2D eigenvalue weighted by molar-refractivity contribution is 6.23. The second-order valence-electron chi connectivity index (χ2n) is 2.54. The van der Waals surface area contributed by atoms with Gasteiger partial charge in [-0.15, -0.1) is 0 Å². The van der Waals surface area contributed by atoms with Crippen molar-refractivity contribution < 1.29 is 4.39 Å². The van der Waals surface area contributed by atoms with Gasteiger partial charge in [-0.25, -0.2) is 4.39 Å². The van der Waals surface area contributed by atoms with Gasteiger partial charge in [0.2, 0.25) is 0 Å². The number of halogens is 1. The highest BCUT2D eigenvalue weighted by Crippen LogP contribution is 2.17. The zero-order valence-corrected chi connectivity index (χ0v) is 6.11. The number of nitrogens with one attached hydrogen (secondary N) is 3. The molecule has 0 aliphatic carbocycles. The predicted molar refractivity (Wildman–Crippen MR) is 43.2 cm³/mol. The first kappa shape index (κ1) is 6.97. The Bertz CT molecular complexity index is 384. The van der Waals surface area contributed by atoms with E-state index in [1.807, 2.05) is 0 Å². The second-order valence-corrected chi connectivity index (χ2v) is 2.54. The van der Waals surface area contributed by atoms with Crippen LogP contribution >= 0.6 is 0 Å². The summed E-state index contributed by atoms with van der Waals surface area (Å²) < 4.78 is 13.0. The van der Waals surface area contributed by atoms with Crippen molar-refractivity contribution >= 4 is 11.7 Å². The van der Waals surface area contributed by atoms with Crippen LogP contribution < -0.4 is 5.32 Å². The van der Waals surface area contributed by atoms with Gasteiger partial charge in [0.15, 0.2) is 0 Å². The predicted octanol–water partition coefficient (Wildman–Crippen LogP) is 1.08. The molecule has 0 atom stereocenters. The van der Waals surface area contributed by atoms with Crippen LogP contribution in [0.5, 0.6) is 0 Å². The maximum atomic E-state index is 13.0. The molecule has 0 radical (unpaired) electrons. The van der Waals surface area contributed by atoms with Crippen molar-refractivity contribution in [2.24, 2.45) is 0 Å². The molecule has 0 saturated heterocycles. The first-order valence-corrected chi connectivity index (χ1v) is 3.43. The number of hydrogen-bond acceptors (Lipinski definition) is 2. The molecule has 0 spiro atoms. The molecule has 0 saturated carbocycles. The van der Waals surface area contributed by atoms with Crippen molar-refractivity contribution in [3.8, 4) is 0 Å². The van der Waals surface area contributed by atoms with Crippen LogP contribution in [-0.2, 0) is 0 Å². The Morgan fingerprint density at radius 1 is 1.17 bits per heavy atom. The van der Waals surface area contributed by atoms with Crippen LogP contribution in [0.2, 0.25) is 0 Å². The molecule has 3 nitrogen and oxygen atoms in total. The zero-order chi connectivity index (χ0) is 8.72. The highest BCUT2D eigenvalue weighted by Gasteiger charge is 2.23. The van der Waals surface area contributed by atoms with Crippen LogP contribution in [0.3, 0.4) is 0 Å². The van der Waals surface area contributed by atoms with Gasteiger partial charge in [0.25, 0.3) is 0 Å². The lowest BCUT2D eigenvalue weighted by molar-refractivity contribution is 0.625. The molecule has 1 aliphatic rings. The van der Waals surface area contributed by atoms with Crippen LogP contribution in [0.25, 0.3) is 0 Å². The van der Waals surface area contributed by atoms with Crippen molar-refractivity contribution in [2.75, 3.05) is 0 Å². The van der Waals surface area contributed by atoms with E-state index in [9.17, 15) is 4.39 Å². The lowest BCUT2D eigenvalue weighted by Gasteiger charge is -1.95. The Morgan fingerprint density at radius 3 is 2.58 bits per heavy atom. The number of benzene rings is 1. The third-order valence-corrected chi connectivity index (χ3v) is 1.78. The Labute approximate surface area is 68.2 Å². The molecule has 3 N–H and O–H groups in total. The Balaban J connectivity index is 2.75. The summed E-state index contributed by atoms with van der Waals surface area (Å²) in [5.74, 6) is -0.394. The minimum absolute atomic E-state index is 0.0342. The smallest absolute Gasteiger partial charge is 0.134 e. The van der Waals surface area contributed by atoms with Gasteiger partial charge >= 0.3 is 0 Å². The molecule has 0 unspecified atom stereocenters. The van der Waals surface area contributed by atoms with Crippen molar-refractivity contribution in [3.63, 3.8) is 0 Å². The number of amidine groups is 2. The molecule has 0 aromatic heterocycles. The molecule has 2 rings (SSSR count). The largest absolute Gasteiger partial charge is 0.325 e. The van der Waals surface area contributed by atoms with Crippen LogP contribution in [0.1, 0.15) is 11.1 Å². The standard InChI is InChI=1S/C8H6FN3/c9-5-3-1-2-4-6(5)8(11)12-7(4)10/h1-3H,(H3,10,11,12). The van der Waals surface area contributed by atoms with Gasteiger partial charge in [0, 0.05) is 5.56 Å². The number of hydrogen-bond donors (Lipinski definition) is 3. The average molecular weight is 163 g/mol. The van der Waals surface area contributed by atoms with Gasteiger partial charge < -0.3 is 5.32 Å². The molecule has 12 heavy (non-hydrogen) atoms. The third-order valence-electron chi connectivity index (χ3n) is 1.78. The quantitative estimate of drug-likeness (QED) is 0.526. The fraction of sp³-hybridized carbons (Fsp3) is 0. The van der Waals surface area contributed by atoms with Gasteiger partial charge in [0.05, 0.1) is 5.56 Å². The summed E-state index contributed by atoms with van der Waals surface area (Å²) >= 11 is 0.